The molecule has 0 fully saturated rings. The molecule has 1 heterocycles. The van der Waals surface area contributed by atoms with Crippen LogP contribution in [0.2, 0.25) is 0 Å². The van der Waals surface area contributed by atoms with Crippen LogP contribution >= 0.6 is 12.2 Å². The maximum absolute atomic E-state index is 14.2. The predicted molar refractivity (Wildman–Crippen MR) is 71.3 cm³/mol. The SMILES string of the molecule is COCCn1c(-c2cc(F)cc([N+](=O)[O-])c2F)n[nH]c1=S. The van der Waals surface area contributed by atoms with E-state index in [1.807, 2.05) is 0 Å². The van der Waals surface area contributed by atoms with Crippen LogP contribution in [0.5, 0.6) is 0 Å². The lowest BCUT2D eigenvalue weighted by Crippen LogP contribution is -2.07. The molecule has 1 aromatic heterocycles. The Labute approximate surface area is 122 Å². The summed E-state index contributed by atoms with van der Waals surface area (Å²) < 4.78 is 34.1. The Kier molecular flexibility index (Phi) is 4.38. The van der Waals surface area contributed by atoms with Gasteiger partial charge in [-0.3, -0.25) is 19.8 Å². The summed E-state index contributed by atoms with van der Waals surface area (Å²) in [5, 5.41) is 17.0. The number of nitrogens with one attached hydrogen (secondary N) is 1. The second-order valence-electron chi connectivity index (χ2n) is 4.04. The molecule has 0 spiro atoms. The van der Waals surface area contributed by atoms with Crippen molar-refractivity contribution in [2.75, 3.05) is 13.7 Å². The zero-order valence-electron chi connectivity index (χ0n) is 10.8. The van der Waals surface area contributed by atoms with Crippen molar-refractivity contribution in [3.63, 3.8) is 0 Å². The van der Waals surface area contributed by atoms with Gasteiger partial charge < -0.3 is 4.74 Å². The van der Waals surface area contributed by atoms with Crippen LogP contribution in [0.25, 0.3) is 11.4 Å². The summed E-state index contributed by atoms with van der Waals surface area (Å²) in [6.07, 6.45) is 0. The molecule has 0 unspecified atom stereocenters. The molecule has 7 nitrogen and oxygen atoms in total. The molecule has 0 bridgehead atoms. The number of nitro benzene ring substituents is 1. The van der Waals surface area contributed by atoms with Crippen LogP contribution in [0.1, 0.15) is 0 Å². The minimum atomic E-state index is -1.17. The zero-order chi connectivity index (χ0) is 15.6. The van der Waals surface area contributed by atoms with E-state index in [0.29, 0.717) is 6.07 Å². The molecule has 0 aliphatic carbocycles. The monoisotopic (exact) mass is 316 g/mol. The van der Waals surface area contributed by atoms with E-state index in [4.69, 9.17) is 17.0 Å². The largest absolute Gasteiger partial charge is 0.383 e. The van der Waals surface area contributed by atoms with Gasteiger partial charge in [-0.05, 0) is 18.3 Å². The van der Waals surface area contributed by atoms with Crippen LogP contribution in [0.3, 0.4) is 0 Å². The molecule has 10 heteroatoms. The van der Waals surface area contributed by atoms with Crippen LogP contribution in [0.4, 0.5) is 14.5 Å². The van der Waals surface area contributed by atoms with Crippen LogP contribution in [0, 0.1) is 26.5 Å². The van der Waals surface area contributed by atoms with Crippen LogP contribution in [-0.4, -0.2) is 33.4 Å². The highest BCUT2D eigenvalue weighted by Gasteiger charge is 2.24. The Morgan fingerprint density at radius 3 is 2.86 bits per heavy atom. The molecule has 1 aromatic carbocycles. The van der Waals surface area contributed by atoms with Gasteiger partial charge >= 0.3 is 5.69 Å². The van der Waals surface area contributed by atoms with Crippen molar-refractivity contribution in [2.45, 2.75) is 6.54 Å². The normalized spacial score (nSPS) is 10.8. The van der Waals surface area contributed by atoms with Gasteiger partial charge in [-0.25, -0.2) is 4.39 Å². The third-order valence-electron chi connectivity index (χ3n) is 2.73. The summed E-state index contributed by atoms with van der Waals surface area (Å²) in [5.41, 5.74) is -1.30. The average molecular weight is 316 g/mol. The number of nitro groups is 1. The number of aromatic nitrogens is 3. The molecule has 0 amide bonds. The maximum Gasteiger partial charge on any atom is 0.308 e. The molecule has 0 radical (unpaired) electrons. The fourth-order valence-corrected chi connectivity index (χ4v) is 2.01. The molecule has 112 valence electrons. The van der Waals surface area contributed by atoms with Gasteiger partial charge in [0.15, 0.2) is 10.6 Å². The van der Waals surface area contributed by atoms with Crippen molar-refractivity contribution in [3.8, 4) is 11.4 Å². The average Bonchev–Trinajstić information content (AvgIpc) is 2.79. The molecule has 0 atom stereocenters. The third-order valence-corrected chi connectivity index (χ3v) is 3.04. The summed E-state index contributed by atoms with van der Waals surface area (Å²) in [6.45, 7) is 0.505. The first-order chi connectivity index (χ1) is 9.95. The highest BCUT2D eigenvalue weighted by molar-refractivity contribution is 7.71. The molecule has 1 N–H and O–H groups in total. The van der Waals surface area contributed by atoms with Gasteiger partial charge in [-0.1, -0.05) is 0 Å². The van der Waals surface area contributed by atoms with Gasteiger partial charge in [0.25, 0.3) is 0 Å². The number of methoxy groups -OCH3 is 1. The summed E-state index contributed by atoms with van der Waals surface area (Å²) in [5.74, 6) is -2.14. The smallest absolute Gasteiger partial charge is 0.308 e. The van der Waals surface area contributed by atoms with Crippen molar-refractivity contribution in [3.05, 3.63) is 38.7 Å². The molecule has 2 rings (SSSR count). The topological polar surface area (TPSA) is 86.0 Å². The Morgan fingerprint density at radius 2 is 2.24 bits per heavy atom. The lowest BCUT2D eigenvalue weighted by atomic mass is 10.1. The number of hydrogen-bond donors (Lipinski definition) is 1. The number of H-pyrrole nitrogens is 1. The first kappa shape index (κ1) is 15.2. The van der Waals surface area contributed by atoms with Crippen molar-refractivity contribution >= 4 is 17.9 Å². The first-order valence-corrected chi connectivity index (χ1v) is 6.14. The van der Waals surface area contributed by atoms with Gasteiger partial charge in [0.1, 0.15) is 5.82 Å². The molecule has 21 heavy (non-hydrogen) atoms. The van der Waals surface area contributed by atoms with E-state index in [9.17, 15) is 18.9 Å². The number of ether oxygens (including phenoxy) is 1. The minimum Gasteiger partial charge on any atom is -0.383 e. The summed E-state index contributed by atoms with van der Waals surface area (Å²) in [6, 6.07) is 1.34. The molecule has 0 saturated heterocycles. The van der Waals surface area contributed by atoms with Crippen molar-refractivity contribution in [2.24, 2.45) is 0 Å². The molecule has 0 saturated carbocycles. The van der Waals surface area contributed by atoms with Crippen LogP contribution in [-0.2, 0) is 11.3 Å². The number of benzene rings is 1. The second kappa shape index (κ2) is 6.06. The van der Waals surface area contributed by atoms with Gasteiger partial charge in [0.05, 0.1) is 29.7 Å². The fraction of sp³-hybridized carbons (Fsp3) is 0.273. The number of aromatic amines is 1. The van der Waals surface area contributed by atoms with E-state index in [0.717, 1.165) is 6.07 Å². The Balaban J connectivity index is 2.62. The quantitative estimate of drug-likeness (QED) is 0.520. The van der Waals surface area contributed by atoms with E-state index in [1.165, 1.54) is 11.7 Å². The molecule has 0 aliphatic rings. The van der Waals surface area contributed by atoms with Gasteiger partial charge in [-0.2, -0.15) is 9.49 Å². The predicted octanol–water partition coefficient (Wildman–Crippen LogP) is 2.44. The van der Waals surface area contributed by atoms with E-state index >= 15 is 0 Å². The summed E-state index contributed by atoms with van der Waals surface area (Å²) >= 11 is 4.99. The van der Waals surface area contributed by atoms with E-state index in [-0.39, 0.29) is 29.3 Å². The number of hydrogen-bond acceptors (Lipinski definition) is 5. The summed E-state index contributed by atoms with van der Waals surface area (Å²) in [7, 11) is 1.47. The molecule has 0 aliphatic heterocycles. The van der Waals surface area contributed by atoms with Gasteiger partial charge in [0, 0.05) is 7.11 Å². The number of halogens is 2. The Hall–Kier alpha value is -2.20. The minimum absolute atomic E-state index is 0.0304. The molecular weight excluding hydrogens is 306 g/mol. The Morgan fingerprint density at radius 1 is 1.52 bits per heavy atom. The number of nitrogens with zero attached hydrogens (tertiary/aromatic N) is 3. The van der Waals surface area contributed by atoms with Crippen molar-refractivity contribution in [1.29, 1.82) is 0 Å². The van der Waals surface area contributed by atoms with E-state index < -0.39 is 22.2 Å². The first-order valence-electron chi connectivity index (χ1n) is 5.73. The van der Waals surface area contributed by atoms with E-state index in [1.54, 1.807) is 0 Å². The lowest BCUT2D eigenvalue weighted by molar-refractivity contribution is -0.387. The third kappa shape index (κ3) is 2.95. The van der Waals surface area contributed by atoms with Crippen molar-refractivity contribution in [1.82, 2.24) is 14.8 Å². The lowest BCUT2D eigenvalue weighted by Gasteiger charge is -2.07. The second-order valence-corrected chi connectivity index (χ2v) is 4.43. The molecule has 2 aromatic rings. The van der Waals surface area contributed by atoms with Gasteiger partial charge in [0.2, 0.25) is 5.82 Å². The zero-order valence-corrected chi connectivity index (χ0v) is 11.6. The fourth-order valence-electron chi connectivity index (χ4n) is 1.78. The standard InChI is InChI=1S/C11H10F2N4O3S/c1-20-3-2-16-10(14-15-11(16)21)7-4-6(12)5-8(9(7)13)17(18)19/h4-5H,2-3H2,1H3,(H,15,21). The van der Waals surface area contributed by atoms with Crippen LogP contribution < -0.4 is 0 Å². The highest BCUT2D eigenvalue weighted by Crippen LogP contribution is 2.29. The van der Waals surface area contributed by atoms with Crippen LogP contribution in [0.15, 0.2) is 12.1 Å². The van der Waals surface area contributed by atoms with Crippen molar-refractivity contribution < 1.29 is 18.4 Å². The van der Waals surface area contributed by atoms with Gasteiger partial charge in [-0.15, -0.1) is 0 Å². The maximum atomic E-state index is 14.2. The van der Waals surface area contributed by atoms with E-state index in [2.05, 4.69) is 10.2 Å². The number of rotatable bonds is 5. The summed E-state index contributed by atoms with van der Waals surface area (Å²) in [4.78, 5) is 9.75. The Bertz CT molecular complexity index is 744. The molecular formula is C11H10F2N4O3S. The highest BCUT2D eigenvalue weighted by atomic mass is 32.1.